The van der Waals surface area contributed by atoms with Crippen molar-refractivity contribution in [2.45, 2.75) is 13.8 Å². The van der Waals surface area contributed by atoms with E-state index in [0.29, 0.717) is 22.9 Å². The molecule has 2 N–H and O–H groups in total. The standard InChI is InChI=1S/C21H18N4OS/c1-13-12-17(14(2)27-13)21(26)22-18-11-7-6-10-16(18)20-23-19(24-25-20)15-8-4-3-5-9-15/h3-12H,1-2H3,(H,22,26)(H,23,24,25). The third-order valence-corrected chi connectivity index (χ3v) is 5.20. The number of H-pyrrole nitrogens is 1. The second-order valence-electron chi connectivity index (χ2n) is 6.20. The summed E-state index contributed by atoms with van der Waals surface area (Å²) in [5.74, 6) is 1.12. The van der Waals surface area contributed by atoms with E-state index >= 15 is 0 Å². The lowest BCUT2D eigenvalue weighted by molar-refractivity contribution is 0.102. The number of hydrogen-bond donors (Lipinski definition) is 2. The van der Waals surface area contributed by atoms with Gasteiger partial charge in [0.15, 0.2) is 11.6 Å². The second-order valence-corrected chi connectivity index (χ2v) is 7.66. The number of aromatic nitrogens is 3. The van der Waals surface area contributed by atoms with Gasteiger partial charge >= 0.3 is 0 Å². The fourth-order valence-electron chi connectivity index (χ4n) is 2.94. The molecule has 0 fully saturated rings. The molecule has 0 aliphatic heterocycles. The van der Waals surface area contributed by atoms with Crippen molar-refractivity contribution in [3.05, 3.63) is 76.0 Å². The molecule has 0 aliphatic rings. The first-order valence-corrected chi connectivity index (χ1v) is 9.39. The van der Waals surface area contributed by atoms with Crippen LogP contribution in [-0.4, -0.2) is 21.1 Å². The third-order valence-electron chi connectivity index (χ3n) is 4.23. The summed E-state index contributed by atoms with van der Waals surface area (Å²) < 4.78 is 0. The topological polar surface area (TPSA) is 70.7 Å². The Morgan fingerprint density at radius 2 is 1.78 bits per heavy atom. The molecule has 27 heavy (non-hydrogen) atoms. The van der Waals surface area contributed by atoms with Crippen molar-refractivity contribution in [3.63, 3.8) is 0 Å². The monoisotopic (exact) mass is 374 g/mol. The molecule has 0 radical (unpaired) electrons. The number of para-hydroxylation sites is 1. The molecule has 0 bridgehead atoms. The quantitative estimate of drug-likeness (QED) is 0.524. The van der Waals surface area contributed by atoms with Crippen LogP contribution < -0.4 is 5.32 Å². The number of thiophene rings is 1. The van der Waals surface area contributed by atoms with Crippen LogP contribution in [0.3, 0.4) is 0 Å². The van der Waals surface area contributed by atoms with Gasteiger partial charge in [0.25, 0.3) is 5.91 Å². The SMILES string of the molecule is Cc1cc(C(=O)Nc2ccccc2-c2nc(-c3ccccc3)n[nH]2)c(C)s1. The average Bonchev–Trinajstić information content (AvgIpc) is 3.29. The van der Waals surface area contributed by atoms with Crippen LogP contribution in [0, 0.1) is 13.8 Å². The van der Waals surface area contributed by atoms with Crippen molar-refractivity contribution in [2.24, 2.45) is 0 Å². The van der Waals surface area contributed by atoms with Crippen LogP contribution in [0.4, 0.5) is 5.69 Å². The molecule has 1 amide bonds. The Morgan fingerprint density at radius 3 is 2.52 bits per heavy atom. The Kier molecular flexibility index (Phi) is 4.56. The van der Waals surface area contributed by atoms with Crippen LogP contribution in [0.1, 0.15) is 20.1 Å². The molecule has 0 saturated heterocycles. The molecule has 4 rings (SSSR count). The van der Waals surface area contributed by atoms with Crippen molar-refractivity contribution in [3.8, 4) is 22.8 Å². The van der Waals surface area contributed by atoms with Crippen LogP contribution >= 0.6 is 11.3 Å². The zero-order chi connectivity index (χ0) is 18.8. The van der Waals surface area contributed by atoms with E-state index in [1.54, 1.807) is 11.3 Å². The van der Waals surface area contributed by atoms with Crippen LogP contribution in [-0.2, 0) is 0 Å². The van der Waals surface area contributed by atoms with E-state index < -0.39 is 0 Å². The number of anilines is 1. The molecule has 0 spiro atoms. The van der Waals surface area contributed by atoms with Crippen molar-refractivity contribution >= 4 is 22.9 Å². The summed E-state index contributed by atoms with van der Waals surface area (Å²) in [6.45, 7) is 3.96. The maximum Gasteiger partial charge on any atom is 0.256 e. The van der Waals surface area contributed by atoms with Crippen LogP contribution in [0.5, 0.6) is 0 Å². The number of hydrogen-bond acceptors (Lipinski definition) is 4. The predicted molar refractivity (Wildman–Crippen MR) is 109 cm³/mol. The van der Waals surface area contributed by atoms with Crippen LogP contribution in [0.25, 0.3) is 22.8 Å². The number of aryl methyl sites for hydroxylation is 2. The van der Waals surface area contributed by atoms with E-state index in [4.69, 9.17) is 0 Å². The maximum atomic E-state index is 12.7. The van der Waals surface area contributed by atoms with Gasteiger partial charge < -0.3 is 5.32 Å². The fourth-order valence-corrected chi connectivity index (χ4v) is 3.86. The largest absolute Gasteiger partial charge is 0.321 e. The smallest absolute Gasteiger partial charge is 0.256 e. The number of carbonyl (C=O) groups excluding carboxylic acids is 1. The van der Waals surface area contributed by atoms with Crippen molar-refractivity contribution in [2.75, 3.05) is 5.32 Å². The molecule has 5 nitrogen and oxygen atoms in total. The minimum absolute atomic E-state index is 0.118. The highest BCUT2D eigenvalue weighted by Gasteiger charge is 2.16. The van der Waals surface area contributed by atoms with Gasteiger partial charge in [0.05, 0.1) is 11.3 Å². The van der Waals surface area contributed by atoms with E-state index in [9.17, 15) is 4.79 Å². The highest BCUT2D eigenvalue weighted by molar-refractivity contribution is 7.12. The summed E-state index contributed by atoms with van der Waals surface area (Å²) in [4.78, 5) is 19.4. The molecule has 0 unspecified atom stereocenters. The summed E-state index contributed by atoms with van der Waals surface area (Å²) in [6, 6.07) is 19.3. The number of benzene rings is 2. The molecular formula is C21H18N4OS. The summed E-state index contributed by atoms with van der Waals surface area (Å²) in [5, 5.41) is 10.3. The lowest BCUT2D eigenvalue weighted by atomic mass is 10.1. The summed E-state index contributed by atoms with van der Waals surface area (Å²) in [5.41, 5.74) is 3.13. The number of nitrogens with zero attached hydrogens (tertiary/aromatic N) is 2. The average molecular weight is 374 g/mol. The molecule has 2 aromatic heterocycles. The molecule has 2 heterocycles. The van der Waals surface area contributed by atoms with E-state index in [1.165, 1.54) is 0 Å². The van der Waals surface area contributed by atoms with Crippen molar-refractivity contribution < 1.29 is 4.79 Å². The van der Waals surface area contributed by atoms with Gasteiger partial charge in [-0.15, -0.1) is 11.3 Å². The van der Waals surface area contributed by atoms with Crippen LogP contribution in [0.15, 0.2) is 60.7 Å². The van der Waals surface area contributed by atoms with Gasteiger partial charge in [-0.1, -0.05) is 42.5 Å². The van der Waals surface area contributed by atoms with Crippen molar-refractivity contribution in [1.82, 2.24) is 15.2 Å². The Labute approximate surface area is 161 Å². The Bertz CT molecular complexity index is 1100. The number of amides is 1. The van der Waals surface area contributed by atoms with E-state index in [1.807, 2.05) is 74.5 Å². The zero-order valence-corrected chi connectivity index (χ0v) is 15.8. The van der Waals surface area contributed by atoms with Gasteiger partial charge in [-0.25, -0.2) is 4.98 Å². The zero-order valence-electron chi connectivity index (χ0n) is 15.0. The molecule has 0 aliphatic carbocycles. The van der Waals surface area contributed by atoms with Gasteiger partial charge in [-0.05, 0) is 32.0 Å². The Hall–Kier alpha value is -3.25. The fraction of sp³-hybridized carbons (Fsp3) is 0.0952. The van der Waals surface area contributed by atoms with Gasteiger partial charge in [0.1, 0.15) is 0 Å². The summed E-state index contributed by atoms with van der Waals surface area (Å²) in [7, 11) is 0. The van der Waals surface area contributed by atoms with E-state index in [0.717, 1.165) is 20.9 Å². The summed E-state index contributed by atoms with van der Waals surface area (Å²) >= 11 is 1.62. The van der Waals surface area contributed by atoms with Crippen LogP contribution in [0.2, 0.25) is 0 Å². The van der Waals surface area contributed by atoms with E-state index in [2.05, 4.69) is 20.5 Å². The Morgan fingerprint density at radius 1 is 1.04 bits per heavy atom. The Balaban J connectivity index is 1.65. The van der Waals surface area contributed by atoms with Gasteiger partial charge in [-0.3, -0.25) is 9.89 Å². The normalized spacial score (nSPS) is 10.7. The number of aromatic amines is 1. The summed E-state index contributed by atoms with van der Waals surface area (Å²) in [6.07, 6.45) is 0. The molecular weight excluding hydrogens is 356 g/mol. The first-order chi connectivity index (χ1) is 13.1. The van der Waals surface area contributed by atoms with Crippen molar-refractivity contribution in [1.29, 1.82) is 0 Å². The molecule has 6 heteroatoms. The molecule has 0 atom stereocenters. The molecule has 0 saturated carbocycles. The van der Waals surface area contributed by atoms with Gasteiger partial charge in [0, 0.05) is 20.9 Å². The highest BCUT2D eigenvalue weighted by Crippen LogP contribution is 2.28. The highest BCUT2D eigenvalue weighted by atomic mass is 32.1. The first-order valence-electron chi connectivity index (χ1n) is 8.57. The minimum Gasteiger partial charge on any atom is -0.321 e. The number of rotatable bonds is 4. The van der Waals surface area contributed by atoms with Gasteiger partial charge in [0.2, 0.25) is 0 Å². The third kappa shape index (κ3) is 3.52. The first kappa shape index (κ1) is 17.2. The lowest BCUT2D eigenvalue weighted by Crippen LogP contribution is -2.12. The molecule has 2 aromatic carbocycles. The lowest BCUT2D eigenvalue weighted by Gasteiger charge is -2.09. The number of nitrogens with one attached hydrogen (secondary N) is 2. The van der Waals surface area contributed by atoms with E-state index in [-0.39, 0.29) is 5.91 Å². The molecule has 4 aromatic rings. The number of carbonyl (C=O) groups is 1. The predicted octanol–water partition coefficient (Wildman–Crippen LogP) is 5.07. The second kappa shape index (κ2) is 7.17. The van der Waals surface area contributed by atoms with Gasteiger partial charge in [-0.2, -0.15) is 5.10 Å². The maximum absolute atomic E-state index is 12.7. The molecule has 134 valence electrons. The minimum atomic E-state index is -0.118.